The number of rotatable bonds is 22. The second-order valence-electron chi connectivity index (χ2n) is 15.5. The van der Waals surface area contributed by atoms with Crippen molar-refractivity contribution in [2.45, 2.75) is 147 Å². The number of nitrogens with zero attached hydrogens (tertiary/aromatic N) is 2. The molecule has 4 rings (SSSR count). The maximum absolute atomic E-state index is 13.8. The minimum Gasteiger partial charge on any atom is -0.376 e. The Kier molecular flexibility index (Phi) is 18.5. The first kappa shape index (κ1) is 43.9. The lowest BCUT2D eigenvalue weighted by atomic mass is 9.86. The zero-order valence-electron chi connectivity index (χ0n) is 32.3. The van der Waals surface area contributed by atoms with Crippen LogP contribution in [0.1, 0.15) is 139 Å². The van der Waals surface area contributed by atoms with Crippen molar-refractivity contribution < 1.29 is 35.9 Å². The standard InChI is InChI=1S/C43H63F6N3O2/c1-2-3-4-5-6-7-8-9-10-11-12-13-14-18-24-51-25-21-36(22-26-51)41(53)52-27-23-40(39(31-52)35-19-16-15-17-20-35)54-32-34-28-37(43(47,48)49)30-38(29-34)50-33-42(44,45)46/h15-17,19-20,28-30,36,39-40,50H,2-14,18,21-27,31-33H2,1H3. The first-order chi connectivity index (χ1) is 25.9. The fraction of sp³-hybridized carbons (Fsp3) is 0.698. The number of anilines is 1. The van der Waals surface area contributed by atoms with Crippen LogP contribution in [0.15, 0.2) is 48.5 Å². The molecule has 2 atom stereocenters. The molecule has 0 aromatic heterocycles. The Hall–Kier alpha value is -2.79. The number of piperidine rings is 2. The minimum absolute atomic E-state index is 0.0285. The molecule has 0 bridgehead atoms. The first-order valence-electron chi connectivity index (χ1n) is 20.6. The van der Waals surface area contributed by atoms with Gasteiger partial charge in [-0.1, -0.05) is 121 Å². The second-order valence-corrected chi connectivity index (χ2v) is 15.5. The quantitative estimate of drug-likeness (QED) is 0.0957. The molecule has 2 aliphatic rings. The summed E-state index contributed by atoms with van der Waals surface area (Å²) in [4.78, 5) is 18.2. The van der Waals surface area contributed by atoms with E-state index in [0.29, 0.717) is 25.6 Å². The Morgan fingerprint density at radius 3 is 1.93 bits per heavy atom. The van der Waals surface area contributed by atoms with Gasteiger partial charge in [-0.3, -0.25) is 4.79 Å². The summed E-state index contributed by atoms with van der Waals surface area (Å²) >= 11 is 0. The van der Waals surface area contributed by atoms with Crippen molar-refractivity contribution in [1.82, 2.24) is 9.80 Å². The summed E-state index contributed by atoms with van der Waals surface area (Å²) in [6.07, 6.45) is 11.3. The number of unbranched alkanes of at least 4 members (excludes halogenated alkanes) is 13. The monoisotopic (exact) mass is 767 g/mol. The maximum Gasteiger partial charge on any atom is 0.416 e. The van der Waals surface area contributed by atoms with Crippen LogP contribution in [0.3, 0.4) is 0 Å². The van der Waals surface area contributed by atoms with E-state index in [1.54, 1.807) is 0 Å². The van der Waals surface area contributed by atoms with Crippen molar-refractivity contribution in [1.29, 1.82) is 0 Å². The molecule has 1 amide bonds. The highest BCUT2D eigenvalue weighted by Crippen LogP contribution is 2.35. The first-order valence-corrected chi connectivity index (χ1v) is 20.6. The molecule has 2 aromatic rings. The fourth-order valence-electron chi connectivity index (χ4n) is 7.99. The molecule has 2 aromatic carbocycles. The van der Waals surface area contributed by atoms with Gasteiger partial charge in [0.15, 0.2) is 0 Å². The van der Waals surface area contributed by atoms with Gasteiger partial charge in [0.2, 0.25) is 5.91 Å². The smallest absolute Gasteiger partial charge is 0.376 e. The Labute approximate surface area is 319 Å². The van der Waals surface area contributed by atoms with Gasteiger partial charge in [-0.05, 0) is 74.6 Å². The number of likely N-dealkylation sites (tertiary alicyclic amines) is 2. The Balaban J connectivity index is 1.19. The fourth-order valence-corrected chi connectivity index (χ4v) is 7.99. The van der Waals surface area contributed by atoms with E-state index in [9.17, 15) is 31.1 Å². The van der Waals surface area contributed by atoms with Gasteiger partial charge in [0.25, 0.3) is 0 Å². The number of nitrogens with one attached hydrogen (secondary N) is 1. The van der Waals surface area contributed by atoms with E-state index in [1.807, 2.05) is 35.2 Å². The molecule has 5 nitrogen and oxygen atoms in total. The van der Waals surface area contributed by atoms with Crippen LogP contribution in [0.25, 0.3) is 0 Å². The highest BCUT2D eigenvalue weighted by atomic mass is 19.4. The molecule has 0 aliphatic carbocycles. The lowest BCUT2D eigenvalue weighted by Gasteiger charge is -2.41. The van der Waals surface area contributed by atoms with Gasteiger partial charge in [-0.2, -0.15) is 26.3 Å². The molecule has 0 spiro atoms. The van der Waals surface area contributed by atoms with Crippen LogP contribution in [0.4, 0.5) is 32.0 Å². The van der Waals surface area contributed by atoms with Gasteiger partial charge >= 0.3 is 12.4 Å². The molecule has 2 saturated heterocycles. The Morgan fingerprint density at radius 2 is 1.35 bits per heavy atom. The third-order valence-corrected chi connectivity index (χ3v) is 11.1. The van der Waals surface area contributed by atoms with Crippen molar-refractivity contribution in [2.75, 3.05) is 44.6 Å². The van der Waals surface area contributed by atoms with Crippen molar-refractivity contribution in [2.24, 2.45) is 5.92 Å². The van der Waals surface area contributed by atoms with E-state index < -0.39 is 24.5 Å². The number of amides is 1. The van der Waals surface area contributed by atoms with Crippen molar-refractivity contribution in [3.63, 3.8) is 0 Å². The van der Waals surface area contributed by atoms with Gasteiger partial charge in [0, 0.05) is 30.6 Å². The van der Waals surface area contributed by atoms with Crippen LogP contribution in [-0.4, -0.2) is 67.3 Å². The van der Waals surface area contributed by atoms with Crippen molar-refractivity contribution in [3.05, 3.63) is 65.2 Å². The average molecular weight is 768 g/mol. The number of hydrogen-bond acceptors (Lipinski definition) is 4. The largest absolute Gasteiger partial charge is 0.416 e. The summed E-state index contributed by atoms with van der Waals surface area (Å²) in [6.45, 7) is 4.46. The third kappa shape index (κ3) is 15.8. The molecule has 304 valence electrons. The van der Waals surface area contributed by atoms with E-state index in [0.717, 1.165) is 44.1 Å². The molecular weight excluding hydrogens is 704 g/mol. The van der Waals surface area contributed by atoms with E-state index in [1.165, 1.54) is 96.0 Å². The maximum atomic E-state index is 13.8. The van der Waals surface area contributed by atoms with Crippen LogP contribution in [0.2, 0.25) is 0 Å². The third-order valence-electron chi connectivity index (χ3n) is 11.1. The molecule has 2 heterocycles. The zero-order chi connectivity index (χ0) is 38.8. The highest BCUT2D eigenvalue weighted by molar-refractivity contribution is 5.79. The SMILES string of the molecule is CCCCCCCCCCCCCCCCN1CCC(C(=O)N2CCC(OCc3cc(NCC(F)(F)F)cc(C(F)(F)F)c3)C(c3ccccc3)C2)CC1. The zero-order valence-corrected chi connectivity index (χ0v) is 32.3. The summed E-state index contributed by atoms with van der Waals surface area (Å²) in [5.74, 6) is -0.0686. The average Bonchev–Trinajstić information content (AvgIpc) is 3.16. The van der Waals surface area contributed by atoms with Crippen LogP contribution in [0.5, 0.6) is 0 Å². The Morgan fingerprint density at radius 1 is 0.759 bits per heavy atom. The van der Waals surface area contributed by atoms with E-state index in [-0.39, 0.29) is 41.7 Å². The predicted octanol–water partition coefficient (Wildman–Crippen LogP) is 11.8. The molecule has 1 N–H and O–H groups in total. The second kappa shape index (κ2) is 22.7. The number of carbonyl (C=O) groups is 1. The summed E-state index contributed by atoms with van der Waals surface area (Å²) in [5.41, 5.74) is -0.217. The molecule has 0 radical (unpaired) electrons. The summed E-state index contributed by atoms with van der Waals surface area (Å²) < 4.78 is 85.5. The van der Waals surface area contributed by atoms with Gasteiger partial charge in [-0.25, -0.2) is 0 Å². The lowest BCUT2D eigenvalue weighted by molar-refractivity contribution is -0.140. The topological polar surface area (TPSA) is 44.8 Å². The van der Waals surface area contributed by atoms with Crippen LogP contribution in [0, 0.1) is 5.92 Å². The number of benzene rings is 2. The molecule has 0 saturated carbocycles. The number of ether oxygens (including phenoxy) is 1. The number of alkyl halides is 6. The highest BCUT2D eigenvalue weighted by Gasteiger charge is 2.37. The molecule has 11 heteroatoms. The van der Waals surface area contributed by atoms with Crippen LogP contribution >= 0.6 is 0 Å². The Bertz CT molecular complexity index is 1350. The minimum atomic E-state index is -4.73. The number of halogens is 6. The van der Waals surface area contributed by atoms with Gasteiger partial charge < -0.3 is 19.9 Å². The van der Waals surface area contributed by atoms with E-state index >= 15 is 0 Å². The lowest BCUT2D eigenvalue weighted by Crippen LogP contribution is -2.49. The molecule has 2 aliphatic heterocycles. The molecule has 2 fully saturated rings. The number of hydrogen-bond donors (Lipinski definition) is 1. The van der Waals surface area contributed by atoms with Crippen molar-refractivity contribution >= 4 is 11.6 Å². The molecule has 54 heavy (non-hydrogen) atoms. The van der Waals surface area contributed by atoms with E-state index in [4.69, 9.17) is 4.74 Å². The van der Waals surface area contributed by atoms with Gasteiger partial charge in [0.1, 0.15) is 6.54 Å². The van der Waals surface area contributed by atoms with E-state index in [2.05, 4.69) is 17.1 Å². The van der Waals surface area contributed by atoms with Gasteiger partial charge in [0.05, 0.1) is 18.3 Å². The van der Waals surface area contributed by atoms with Crippen LogP contribution < -0.4 is 5.32 Å². The molecular formula is C43H63F6N3O2. The number of carbonyl (C=O) groups excluding carboxylic acids is 1. The predicted molar refractivity (Wildman–Crippen MR) is 204 cm³/mol. The summed E-state index contributed by atoms with van der Waals surface area (Å²) in [5, 5.41) is 2.06. The van der Waals surface area contributed by atoms with Gasteiger partial charge in [-0.15, -0.1) is 0 Å². The summed E-state index contributed by atoms with van der Waals surface area (Å²) in [7, 11) is 0. The van der Waals surface area contributed by atoms with Crippen molar-refractivity contribution in [3.8, 4) is 0 Å². The summed E-state index contributed by atoms with van der Waals surface area (Å²) in [6, 6.07) is 12.5. The molecule has 2 unspecified atom stereocenters. The van der Waals surface area contributed by atoms with Crippen LogP contribution in [-0.2, 0) is 22.3 Å². The normalized spacial score (nSPS) is 19.0.